The van der Waals surface area contributed by atoms with Crippen LogP contribution in [0.25, 0.3) is 0 Å². The predicted octanol–water partition coefficient (Wildman–Crippen LogP) is 2.89. The van der Waals surface area contributed by atoms with E-state index < -0.39 is 78.0 Å². The fourth-order valence-corrected chi connectivity index (χ4v) is 4.41. The van der Waals surface area contributed by atoms with Gasteiger partial charge in [0, 0.05) is 35.5 Å². The molecule has 316 valence electrons. The lowest BCUT2D eigenvalue weighted by molar-refractivity contribution is -0.153. The Morgan fingerprint density at radius 1 is 0.554 bits per heavy atom. The van der Waals surface area contributed by atoms with Crippen molar-refractivity contribution in [3.05, 3.63) is 0 Å². The highest BCUT2D eigenvalue weighted by Gasteiger charge is 2.34. The number of ketones is 2. The first-order chi connectivity index (χ1) is 25.7. The van der Waals surface area contributed by atoms with E-state index in [4.69, 9.17) is 20.9 Å². The van der Waals surface area contributed by atoms with Crippen LogP contribution in [0, 0.1) is 17.3 Å². The van der Waals surface area contributed by atoms with Crippen LogP contribution in [0.15, 0.2) is 15.3 Å². The molecule has 0 fully saturated rings. The number of carbonyl (C=O) groups excluding carboxylic acids is 8. The van der Waals surface area contributed by atoms with Gasteiger partial charge in [-0.25, -0.2) is 16.3 Å². The van der Waals surface area contributed by atoms with Crippen molar-refractivity contribution < 1.29 is 47.8 Å². The number of amides is 4. The quantitative estimate of drug-likeness (QED) is 0.0367. The maximum atomic E-state index is 12.7. The number of hydrazone groups is 3. The first kappa shape index (κ1) is 51.1. The van der Waals surface area contributed by atoms with E-state index in [1.165, 1.54) is 0 Å². The number of rotatable bonds is 26. The summed E-state index contributed by atoms with van der Waals surface area (Å²) in [5.41, 5.74) is 18.4. The molecule has 0 saturated heterocycles. The van der Waals surface area contributed by atoms with Crippen molar-refractivity contribution in [3.63, 3.8) is 0 Å². The number of hydrogen-bond acceptors (Lipinski definition) is 14. The highest BCUT2D eigenvalue weighted by Crippen LogP contribution is 2.34. The minimum atomic E-state index is -0.797. The van der Waals surface area contributed by atoms with E-state index >= 15 is 0 Å². The Hall–Kier alpha value is -4.87. The smallest absolute Gasteiger partial charge is 0.306 e. The van der Waals surface area contributed by atoms with Gasteiger partial charge in [-0.2, -0.15) is 15.3 Å². The lowest BCUT2D eigenvalue weighted by Crippen LogP contribution is -2.47. The molecule has 0 aliphatic carbocycles. The van der Waals surface area contributed by atoms with Crippen molar-refractivity contribution in [2.45, 2.75) is 158 Å². The van der Waals surface area contributed by atoms with E-state index in [0.717, 1.165) is 0 Å². The minimum absolute atomic E-state index is 0.0105. The summed E-state index contributed by atoms with van der Waals surface area (Å²) in [6.07, 6.45) is -0.925. The number of esters is 2. The van der Waals surface area contributed by atoms with Crippen molar-refractivity contribution >= 4 is 64.3 Å². The summed E-state index contributed by atoms with van der Waals surface area (Å²) in [5.74, 6) is -5.27. The number of nitrogens with one attached hydrogen (secondary N) is 3. The van der Waals surface area contributed by atoms with Crippen LogP contribution in [0.5, 0.6) is 0 Å². The maximum Gasteiger partial charge on any atom is 0.306 e. The number of primary amides is 1. The standard InChI is InChI=1S/C38H64N8O10/c1-22(12-15-29(47)25(4)27(6)55-35(53)16-13-23(2)42-44-32(50)20-31(39)49)41-45-33(51)21-34(52)46-43-24(3)14-17-36(54)56-28(7)26(5)30(48)18-19-37(8,9)38(10,11)40/h25-28H,12-21,40H2,1-11H3,(H2,39,49)(H,44,50)(H,45,51)(H,46,52)/b41-22+,42-23+,43-24+. The molecule has 0 saturated carbocycles. The summed E-state index contributed by atoms with van der Waals surface area (Å²) in [6, 6.07) is 0. The first-order valence-electron chi connectivity index (χ1n) is 18.7. The lowest BCUT2D eigenvalue weighted by Gasteiger charge is -2.38. The summed E-state index contributed by atoms with van der Waals surface area (Å²) in [7, 11) is 0. The molecule has 0 aliphatic heterocycles. The summed E-state index contributed by atoms with van der Waals surface area (Å²) in [6.45, 7) is 19.3. The van der Waals surface area contributed by atoms with Crippen molar-refractivity contribution in [3.8, 4) is 0 Å². The average molecular weight is 793 g/mol. The van der Waals surface area contributed by atoms with Crippen molar-refractivity contribution in [1.29, 1.82) is 0 Å². The third-order valence-corrected chi connectivity index (χ3v) is 9.68. The molecule has 0 heterocycles. The first-order valence-corrected chi connectivity index (χ1v) is 18.7. The number of hydrogen-bond donors (Lipinski definition) is 5. The van der Waals surface area contributed by atoms with Crippen LogP contribution in [0.2, 0.25) is 0 Å². The van der Waals surface area contributed by atoms with Crippen LogP contribution < -0.4 is 27.7 Å². The fraction of sp³-hybridized carbons (Fsp3) is 0.711. The Balaban J connectivity index is 4.57. The number of nitrogens with zero attached hydrogens (tertiary/aromatic N) is 3. The number of nitrogens with two attached hydrogens (primary N) is 2. The zero-order valence-corrected chi connectivity index (χ0v) is 35.0. The zero-order valence-electron chi connectivity index (χ0n) is 35.0. The fourth-order valence-electron chi connectivity index (χ4n) is 4.41. The molecule has 0 spiro atoms. The van der Waals surface area contributed by atoms with Crippen LogP contribution in [-0.4, -0.2) is 82.0 Å². The van der Waals surface area contributed by atoms with Crippen LogP contribution in [0.4, 0.5) is 0 Å². The molecular formula is C38H64N8O10. The van der Waals surface area contributed by atoms with E-state index in [9.17, 15) is 38.4 Å². The van der Waals surface area contributed by atoms with Gasteiger partial charge in [0.15, 0.2) is 0 Å². The van der Waals surface area contributed by atoms with Gasteiger partial charge in [0.25, 0.3) is 0 Å². The van der Waals surface area contributed by atoms with Crippen LogP contribution in [-0.2, 0) is 47.8 Å². The van der Waals surface area contributed by atoms with Crippen LogP contribution in [0.3, 0.4) is 0 Å². The molecule has 0 aromatic rings. The molecule has 0 aliphatic rings. The van der Waals surface area contributed by atoms with Gasteiger partial charge in [0.1, 0.15) is 36.6 Å². The summed E-state index contributed by atoms with van der Waals surface area (Å²) in [4.78, 5) is 96.7. The maximum absolute atomic E-state index is 12.7. The Morgan fingerprint density at radius 2 is 0.893 bits per heavy atom. The molecule has 4 atom stereocenters. The Bertz CT molecular complexity index is 1510. The monoisotopic (exact) mass is 792 g/mol. The van der Waals surface area contributed by atoms with Gasteiger partial charge in [-0.05, 0) is 79.6 Å². The van der Waals surface area contributed by atoms with Gasteiger partial charge in [-0.1, -0.05) is 27.7 Å². The van der Waals surface area contributed by atoms with Gasteiger partial charge in [-0.3, -0.25) is 38.4 Å². The van der Waals surface area contributed by atoms with Gasteiger partial charge in [0.2, 0.25) is 23.6 Å². The molecule has 4 amide bonds. The van der Waals surface area contributed by atoms with E-state index in [1.54, 1.807) is 48.5 Å². The molecule has 0 bridgehead atoms. The summed E-state index contributed by atoms with van der Waals surface area (Å²) >= 11 is 0. The van der Waals surface area contributed by atoms with Gasteiger partial charge in [-0.15, -0.1) is 0 Å². The molecule has 0 aromatic carbocycles. The molecule has 0 aromatic heterocycles. The lowest BCUT2D eigenvalue weighted by atomic mass is 9.71. The summed E-state index contributed by atoms with van der Waals surface area (Å²) in [5, 5.41) is 11.6. The van der Waals surface area contributed by atoms with E-state index in [1.807, 2.05) is 27.7 Å². The van der Waals surface area contributed by atoms with Crippen molar-refractivity contribution in [1.82, 2.24) is 16.3 Å². The Morgan fingerprint density at radius 3 is 1.25 bits per heavy atom. The molecule has 0 rings (SSSR count). The highest BCUT2D eigenvalue weighted by molar-refractivity contribution is 5.98. The normalized spacial score (nSPS) is 14.8. The average Bonchev–Trinajstić information content (AvgIpc) is 3.10. The molecular weight excluding hydrogens is 728 g/mol. The molecule has 7 N–H and O–H groups in total. The van der Waals surface area contributed by atoms with E-state index in [-0.39, 0.29) is 55.5 Å². The third kappa shape index (κ3) is 21.9. The Kier molecular flexibility index (Phi) is 22.5. The number of Topliss-reactive ketones (excluding diaryl/α,β-unsaturated/α-hetero) is 2. The zero-order chi connectivity index (χ0) is 43.4. The van der Waals surface area contributed by atoms with Crippen LogP contribution >= 0.6 is 0 Å². The third-order valence-electron chi connectivity index (χ3n) is 9.68. The number of ether oxygens (including phenoxy) is 2. The molecule has 18 heteroatoms. The molecule has 56 heavy (non-hydrogen) atoms. The van der Waals surface area contributed by atoms with E-state index in [2.05, 4.69) is 31.6 Å². The van der Waals surface area contributed by atoms with E-state index in [0.29, 0.717) is 30.0 Å². The van der Waals surface area contributed by atoms with Gasteiger partial charge in [0.05, 0.1) is 24.7 Å². The topological polar surface area (TPSA) is 280 Å². The minimum Gasteiger partial charge on any atom is -0.462 e. The second kappa shape index (κ2) is 24.6. The molecule has 4 unspecified atom stereocenters. The largest absolute Gasteiger partial charge is 0.462 e. The van der Waals surface area contributed by atoms with Crippen LogP contribution in [0.1, 0.15) is 140 Å². The highest BCUT2D eigenvalue weighted by atomic mass is 16.5. The molecule has 18 nitrogen and oxygen atoms in total. The SMILES string of the molecule is C/C(CCC(=O)OC(C)C(C)C(=O)CC/C(C)=N/NC(=O)CC(=O)N/N=C(\C)CCC(=O)OC(C)C(C)C(=O)CCC(C)(C)C(C)(C)N)=N\NC(=O)CC(N)=O. The second-order valence-electron chi connectivity index (χ2n) is 15.5. The van der Waals surface area contributed by atoms with Crippen molar-refractivity contribution in [2.24, 2.45) is 44.0 Å². The van der Waals surface area contributed by atoms with Crippen molar-refractivity contribution in [2.75, 3.05) is 0 Å². The van der Waals surface area contributed by atoms with Gasteiger partial charge < -0.3 is 20.9 Å². The summed E-state index contributed by atoms with van der Waals surface area (Å²) < 4.78 is 10.8. The molecule has 0 radical (unpaired) electrons. The Labute approximate surface area is 330 Å². The predicted molar refractivity (Wildman–Crippen MR) is 211 cm³/mol. The number of carbonyl (C=O) groups is 8. The second-order valence-corrected chi connectivity index (χ2v) is 15.5. The van der Waals surface area contributed by atoms with Gasteiger partial charge >= 0.3 is 11.9 Å².